The second kappa shape index (κ2) is 7.74. The highest BCUT2D eigenvalue weighted by atomic mass is 16.5. The highest BCUT2D eigenvalue weighted by Crippen LogP contribution is 2.18. The number of ether oxygens (including phenoxy) is 1. The predicted molar refractivity (Wildman–Crippen MR) is 80.6 cm³/mol. The molecule has 20 heavy (non-hydrogen) atoms. The first-order valence-corrected chi connectivity index (χ1v) is 7.41. The molecule has 4 nitrogen and oxygen atoms in total. The average Bonchev–Trinajstić information content (AvgIpc) is 2.87. The van der Waals surface area contributed by atoms with Crippen molar-refractivity contribution in [2.45, 2.75) is 37.5 Å². The average molecular weight is 278 g/mol. The van der Waals surface area contributed by atoms with E-state index in [1.807, 2.05) is 18.2 Å². The lowest BCUT2D eigenvalue weighted by Gasteiger charge is -2.28. The Morgan fingerprint density at radius 3 is 2.85 bits per heavy atom. The molecule has 3 N–H and O–H groups in total. The number of hydrogen-bond acceptors (Lipinski definition) is 4. The minimum atomic E-state index is -0.493. The van der Waals surface area contributed by atoms with Gasteiger partial charge in [0.05, 0.1) is 12.7 Å². The lowest BCUT2D eigenvalue weighted by molar-refractivity contribution is 0.0588. The summed E-state index contributed by atoms with van der Waals surface area (Å²) < 4.78 is 5.24. The van der Waals surface area contributed by atoms with Gasteiger partial charge in [0.15, 0.2) is 0 Å². The molecule has 0 unspecified atom stereocenters. The van der Waals surface area contributed by atoms with E-state index in [0.717, 1.165) is 19.6 Å². The molecule has 0 aromatic heterocycles. The van der Waals surface area contributed by atoms with Crippen LogP contribution in [0, 0.1) is 0 Å². The maximum atomic E-state index is 10.3. The van der Waals surface area contributed by atoms with E-state index in [4.69, 9.17) is 10.5 Å². The van der Waals surface area contributed by atoms with Gasteiger partial charge in [0, 0.05) is 25.7 Å². The van der Waals surface area contributed by atoms with Crippen LogP contribution in [0.3, 0.4) is 0 Å². The van der Waals surface area contributed by atoms with E-state index in [0.29, 0.717) is 19.0 Å². The molecule has 0 spiro atoms. The van der Waals surface area contributed by atoms with Crippen LogP contribution in [0.15, 0.2) is 30.3 Å². The van der Waals surface area contributed by atoms with Crippen LogP contribution in [0.2, 0.25) is 0 Å². The highest BCUT2D eigenvalue weighted by Gasteiger charge is 2.28. The third-order valence-electron chi connectivity index (χ3n) is 4.09. The van der Waals surface area contributed by atoms with Gasteiger partial charge < -0.3 is 15.6 Å². The Hall–Kier alpha value is -0.940. The van der Waals surface area contributed by atoms with Crippen molar-refractivity contribution in [3.63, 3.8) is 0 Å². The first-order valence-electron chi connectivity index (χ1n) is 7.41. The molecule has 0 bridgehead atoms. The molecule has 1 fully saturated rings. The monoisotopic (exact) mass is 278 g/mol. The second-order valence-electron chi connectivity index (χ2n) is 5.67. The number of methoxy groups -OCH3 is 1. The standard InChI is InChI=1S/C16H26N2O2/c1-20-12-14-8-5-9-18(14)11-16(19)15(17)10-13-6-3-2-4-7-13/h2-4,6-7,14-16,19H,5,8-12,17H2,1H3/t14-,15+,16-/m0/s1. The smallest absolute Gasteiger partial charge is 0.0821 e. The maximum absolute atomic E-state index is 10.3. The van der Waals surface area contributed by atoms with Gasteiger partial charge in [-0.15, -0.1) is 0 Å². The number of benzene rings is 1. The molecule has 3 atom stereocenters. The molecule has 2 rings (SSSR count). The fourth-order valence-corrected chi connectivity index (χ4v) is 2.91. The summed E-state index contributed by atoms with van der Waals surface area (Å²) in [6.45, 7) is 2.41. The molecule has 1 aliphatic heterocycles. The van der Waals surface area contributed by atoms with Gasteiger partial charge in [-0.05, 0) is 31.4 Å². The Labute approximate surface area is 121 Å². The number of hydrogen-bond donors (Lipinski definition) is 2. The van der Waals surface area contributed by atoms with Crippen molar-refractivity contribution in [1.82, 2.24) is 4.90 Å². The van der Waals surface area contributed by atoms with E-state index < -0.39 is 6.10 Å². The molecule has 1 heterocycles. The maximum Gasteiger partial charge on any atom is 0.0821 e. The Bertz CT molecular complexity index is 385. The van der Waals surface area contributed by atoms with E-state index >= 15 is 0 Å². The van der Waals surface area contributed by atoms with Gasteiger partial charge in [0.1, 0.15) is 0 Å². The number of nitrogens with two attached hydrogens (primary N) is 1. The molecular weight excluding hydrogens is 252 g/mol. The van der Waals surface area contributed by atoms with Gasteiger partial charge in [-0.3, -0.25) is 4.90 Å². The molecular formula is C16H26N2O2. The van der Waals surface area contributed by atoms with Gasteiger partial charge in [0.25, 0.3) is 0 Å². The zero-order chi connectivity index (χ0) is 14.4. The molecule has 112 valence electrons. The summed E-state index contributed by atoms with van der Waals surface area (Å²) in [7, 11) is 1.73. The summed E-state index contributed by atoms with van der Waals surface area (Å²) >= 11 is 0. The number of β-amino-alcohol motifs (C(OH)–C–C–N with tert-alkyl or cyclic N) is 1. The molecule has 1 aromatic rings. The van der Waals surface area contributed by atoms with Gasteiger partial charge in [-0.25, -0.2) is 0 Å². The van der Waals surface area contributed by atoms with Crippen LogP contribution < -0.4 is 5.73 Å². The highest BCUT2D eigenvalue weighted by molar-refractivity contribution is 5.16. The molecule has 0 saturated carbocycles. The normalized spacial score (nSPS) is 22.9. The quantitative estimate of drug-likeness (QED) is 0.782. The second-order valence-corrected chi connectivity index (χ2v) is 5.67. The largest absolute Gasteiger partial charge is 0.390 e. The predicted octanol–water partition coefficient (Wildman–Crippen LogP) is 1.03. The fraction of sp³-hybridized carbons (Fsp3) is 0.625. The van der Waals surface area contributed by atoms with Gasteiger partial charge >= 0.3 is 0 Å². The van der Waals surface area contributed by atoms with Crippen molar-refractivity contribution < 1.29 is 9.84 Å². The summed E-state index contributed by atoms with van der Waals surface area (Å²) in [6, 6.07) is 10.3. The number of aliphatic hydroxyl groups excluding tert-OH is 1. The Morgan fingerprint density at radius 2 is 2.15 bits per heavy atom. The van der Waals surface area contributed by atoms with Crippen molar-refractivity contribution in [2.75, 3.05) is 26.8 Å². The molecule has 0 aliphatic carbocycles. The van der Waals surface area contributed by atoms with E-state index in [1.165, 1.54) is 12.0 Å². The third kappa shape index (κ3) is 4.28. The molecule has 0 radical (unpaired) electrons. The Kier molecular flexibility index (Phi) is 5.98. The molecule has 1 aliphatic rings. The molecule has 1 saturated heterocycles. The Balaban J connectivity index is 1.83. The van der Waals surface area contributed by atoms with Crippen molar-refractivity contribution in [2.24, 2.45) is 5.73 Å². The number of likely N-dealkylation sites (tertiary alicyclic amines) is 1. The first-order chi connectivity index (χ1) is 9.70. The van der Waals surface area contributed by atoms with Crippen LogP contribution in [-0.2, 0) is 11.2 Å². The SMILES string of the molecule is COC[C@@H]1CCCN1C[C@H](O)[C@H](N)Cc1ccccc1. The lowest BCUT2D eigenvalue weighted by Crippen LogP contribution is -2.46. The van der Waals surface area contributed by atoms with Crippen LogP contribution in [0.5, 0.6) is 0 Å². The van der Waals surface area contributed by atoms with Crippen molar-refractivity contribution >= 4 is 0 Å². The van der Waals surface area contributed by atoms with Crippen LogP contribution in [-0.4, -0.2) is 55.0 Å². The molecule has 4 heteroatoms. The molecule has 1 aromatic carbocycles. The minimum absolute atomic E-state index is 0.221. The summed E-state index contributed by atoms with van der Waals surface area (Å²) in [6.07, 6.45) is 2.54. The summed E-state index contributed by atoms with van der Waals surface area (Å²) in [5.74, 6) is 0. The number of rotatable bonds is 7. The summed E-state index contributed by atoms with van der Waals surface area (Å²) in [4.78, 5) is 2.30. The Morgan fingerprint density at radius 1 is 1.40 bits per heavy atom. The third-order valence-corrected chi connectivity index (χ3v) is 4.09. The van der Waals surface area contributed by atoms with Gasteiger partial charge in [0.2, 0.25) is 0 Å². The van der Waals surface area contributed by atoms with Crippen LogP contribution in [0.4, 0.5) is 0 Å². The van der Waals surface area contributed by atoms with Crippen molar-refractivity contribution in [3.8, 4) is 0 Å². The number of aliphatic hydroxyl groups is 1. The van der Waals surface area contributed by atoms with Crippen molar-refractivity contribution in [3.05, 3.63) is 35.9 Å². The lowest BCUT2D eigenvalue weighted by atomic mass is 10.0. The van der Waals surface area contributed by atoms with E-state index in [9.17, 15) is 5.11 Å². The van der Waals surface area contributed by atoms with E-state index in [-0.39, 0.29) is 6.04 Å². The number of nitrogens with zero attached hydrogens (tertiary/aromatic N) is 1. The summed E-state index contributed by atoms with van der Waals surface area (Å²) in [5, 5.41) is 10.3. The van der Waals surface area contributed by atoms with Gasteiger partial charge in [-0.2, -0.15) is 0 Å². The van der Waals surface area contributed by atoms with E-state index in [2.05, 4.69) is 17.0 Å². The zero-order valence-corrected chi connectivity index (χ0v) is 12.2. The fourth-order valence-electron chi connectivity index (χ4n) is 2.91. The van der Waals surface area contributed by atoms with Crippen LogP contribution in [0.25, 0.3) is 0 Å². The topological polar surface area (TPSA) is 58.7 Å². The summed E-state index contributed by atoms with van der Waals surface area (Å²) in [5.41, 5.74) is 7.31. The molecule has 0 amide bonds. The van der Waals surface area contributed by atoms with Gasteiger partial charge in [-0.1, -0.05) is 30.3 Å². The first kappa shape index (κ1) is 15.4. The van der Waals surface area contributed by atoms with Crippen LogP contribution >= 0.6 is 0 Å². The van der Waals surface area contributed by atoms with Crippen molar-refractivity contribution in [1.29, 1.82) is 0 Å². The van der Waals surface area contributed by atoms with E-state index in [1.54, 1.807) is 7.11 Å². The zero-order valence-electron chi connectivity index (χ0n) is 12.2. The van der Waals surface area contributed by atoms with Crippen LogP contribution in [0.1, 0.15) is 18.4 Å². The minimum Gasteiger partial charge on any atom is -0.390 e.